The normalized spacial score (nSPS) is 25.1. The van der Waals surface area contributed by atoms with E-state index >= 15 is 0 Å². The number of carbonyl (C=O) groups is 1. The first-order valence-electron chi connectivity index (χ1n) is 7.41. The van der Waals surface area contributed by atoms with E-state index in [-0.39, 0.29) is 12.0 Å². The molecule has 1 saturated heterocycles. The number of aryl methyl sites for hydroxylation is 1. The molecular formula is C17H25NO2. The molecule has 0 amide bonds. The zero-order valence-corrected chi connectivity index (χ0v) is 12.9. The van der Waals surface area contributed by atoms with Crippen LogP contribution in [-0.4, -0.2) is 29.1 Å². The summed E-state index contributed by atoms with van der Waals surface area (Å²) >= 11 is 0. The van der Waals surface area contributed by atoms with Crippen molar-refractivity contribution in [3.8, 4) is 0 Å². The Morgan fingerprint density at radius 3 is 2.30 bits per heavy atom. The highest BCUT2D eigenvalue weighted by atomic mass is 16.4. The van der Waals surface area contributed by atoms with Crippen LogP contribution in [0.5, 0.6) is 0 Å². The van der Waals surface area contributed by atoms with Gasteiger partial charge in [-0.2, -0.15) is 0 Å². The van der Waals surface area contributed by atoms with Gasteiger partial charge in [0.2, 0.25) is 0 Å². The molecule has 1 aromatic rings. The number of hydrogen-bond acceptors (Lipinski definition) is 2. The van der Waals surface area contributed by atoms with Crippen LogP contribution in [-0.2, 0) is 4.79 Å². The zero-order chi connectivity index (χ0) is 14.9. The molecule has 1 heterocycles. The topological polar surface area (TPSA) is 40.5 Å². The molecule has 2 atom stereocenters. The van der Waals surface area contributed by atoms with E-state index in [0.717, 1.165) is 13.0 Å². The molecule has 0 bridgehead atoms. The van der Waals surface area contributed by atoms with Gasteiger partial charge in [0.05, 0.1) is 5.41 Å². The number of aliphatic carboxylic acids is 1. The van der Waals surface area contributed by atoms with Crippen molar-refractivity contribution in [1.29, 1.82) is 0 Å². The second-order valence-electron chi connectivity index (χ2n) is 6.42. The molecule has 2 unspecified atom stereocenters. The minimum Gasteiger partial charge on any atom is -0.481 e. The molecule has 0 aromatic heterocycles. The molecule has 1 N–H and O–H groups in total. The molecule has 1 fully saturated rings. The Bertz CT molecular complexity index is 480. The fourth-order valence-corrected chi connectivity index (χ4v) is 3.14. The monoisotopic (exact) mass is 275 g/mol. The van der Waals surface area contributed by atoms with Crippen molar-refractivity contribution >= 4 is 5.97 Å². The van der Waals surface area contributed by atoms with Crippen LogP contribution in [0.2, 0.25) is 0 Å². The molecule has 2 rings (SSSR count). The molecule has 3 heteroatoms. The third-order valence-electron chi connectivity index (χ3n) is 4.97. The summed E-state index contributed by atoms with van der Waals surface area (Å²) in [6.45, 7) is 9.80. The number of carboxylic acids is 1. The summed E-state index contributed by atoms with van der Waals surface area (Å²) in [6.07, 6.45) is 0.746. The third kappa shape index (κ3) is 2.59. The first-order valence-corrected chi connectivity index (χ1v) is 7.41. The van der Waals surface area contributed by atoms with Crippen LogP contribution in [0.4, 0.5) is 0 Å². The van der Waals surface area contributed by atoms with Crippen molar-refractivity contribution in [2.24, 2.45) is 11.3 Å². The van der Waals surface area contributed by atoms with E-state index < -0.39 is 11.4 Å². The van der Waals surface area contributed by atoms with E-state index in [1.807, 2.05) is 13.8 Å². The molecule has 0 spiro atoms. The number of carboxylic acid groups (broad SMARTS) is 1. The molecule has 110 valence electrons. The van der Waals surface area contributed by atoms with Crippen molar-refractivity contribution in [1.82, 2.24) is 4.90 Å². The molecule has 1 aromatic carbocycles. The minimum absolute atomic E-state index is 0.162. The lowest BCUT2D eigenvalue weighted by molar-refractivity contribution is -0.151. The number of benzene rings is 1. The van der Waals surface area contributed by atoms with Crippen molar-refractivity contribution in [2.75, 3.05) is 13.1 Å². The van der Waals surface area contributed by atoms with E-state index in [2.05, 4.69) is 43.0 Å². The summed E-state index contributed by atoms with van der Waals surface area (Å²) in [5.41, 5.74) is 1.93. The molecule has 0 radical (unpaired) electrons. The van der Waals surface area contributed by atoms with Gasteiger partial charge in [-0.25, -0.2) is 0 Å². The van der Waals surface area contributed by atoms with Gasteiger partial charge in [0.25, 0.3) is 0 Å². The summed E-state index contributed by atoms with van der Waals surface area (Å²) in [6, 6.07) is 8.81. The summed E-state index contributed by atoms with van der Waals surface area (Å²) in [7, 11) is 0. The third-order valence-corrected chi connectivity index (χ3v) is 4.97. The summed E-state index contributed by atoms with van der Waals surface area (Å²) in [5.74, 6) is -0.485. The summed E-state index contributed by atoms with van der Waals surface area (Å²) in [4.78, 5) is 14.0. The van der Waals surface area contributed by atoms with Gasteiger partial charge in [0.1, 0.15) is 0 Å². The van der Waals surface area contributed by atoms with Crippen LogP contribution in [0.1, 0.15) is 44.4 Å². The number of nitrogens with zero attached hydrogens (tertiary/aromatic N) is 1. The lowest BCUT2D eigenvalue weighted by atomic mass is 9.76. The van der Waals surface area contributed by atoms with Crippen LogP contribution in [0.25, 0.3) is 0 Å². The quantitative estimate of drug-likeness (QED) is 0.914. The predicted molar refractivity (Wildman–Crippen MR) is 80.7 cm³/mol. The summed E-state index contributed by atoms with van der Waals surface area (Å²) in [5, 5.41) is 9.61. The maximum atomic E-state index is 11.7. The maximum Gasteiger partial charge on any atom is 0.311 e. The fraction of sp³-hybridized carbons (Fsp3) is 0.588. The van der Waals surface area contributed by atoms with Crippen LogP contribution in [0.15, 0.2) is 24.3 Å². The minimum atomic E-state index is -0.647. The Morgan fingerprint density at radius 1 is 1.25 bits per heavy atom. The first kappa shape index (κ1) is 15.0. The van der Waals surface area contributed by atoms with Gasteiger partial charge in [-0.15, -0.1) is 0 Å². The van der Waals surface area contributed by atoms with Gasteiger partial charge < -0.3 is 5.11 Å². The van der Waals surface area contributed by atoms with Gasteiger partial charge in [0, 0.05) is 12.6 Å². The van der Waals surface area contributed by atoms with Gasteiger partial charge in [0.15, 0.2) is 0 Å². The fourth-order valence-electron chi connectivity index (χ4n) is 3.14. The lowest BCUT2D eigenvalue weighted by Gasteiger charge is -2.31. The summed E-state index contributed by atoms with van der Waals surface area (Å²) < 4.78 is 0. The molecule has 1 aliphatic rings. The van der Waals surface area contributed by atoms with E-state index in [4.69, 9.17) is 0 Å². The van der Waals surface area contributed by atoms with E-state index in [1.165, 1.54) is 11.1 Å². The average molecular weight is 275 g/mol. The lowest BCUT2D eigenvalue weighted by Crippen LogP contribution is -2.39. The van der Waals surface area contributed by atoms with Crippen molar-refractivity contribution < 1.29 is 9.90 Å². The molecule has 3 nitrogen and oxygen atoms in total. The molecular weight excluding hydrogens is 250 g/mol. The molecule has 20 heavy (non-hydrogen) atoms. The standard InChI is InChI=1S/C17H25NO2/c1-12(2)17(16(19)20)9-10-18(11-17)14(4)15-7-5-13(3)6-8-15/h5-8,12,14H,9-11H2,1-4H3,(H,19,20). The van der Waals surface area contributed by atoms with Crippen molar-refractivity contribution in [2.45, 2.75) is 40.2 Å². The molecule has 0 saturated carbocycles. The van der Waals surface area contributed by atoms with Crippen molar-refractivity contribution in [3.05, 3.63) is 35.4 Å². The highest BCUT2D eigenvalue weighted by Crippen LogP contribution is 2.41. The smallest absolute Gasteiger partial charge is 0.311 e. The Kier molecular flexibility index (Phi) is 4.19. The Hall–Kier alpha value is -1.35. The second-order valence-corrected chi connectivity index (χ2v) is 6.42. The van der Waals surface area contributed by atoms with E-state index in [0.29, 0.717) is 6.54 Å². The zero-order valence-electron chi connectivity index (χ0n) is 12.9. The number of likely N-dealkylation sites (tertiary alicyclic amines) is 1. The predicted octanol–water partition coefficient (Wildman–Crippen LogP) is 3.49. The SMILES string of the molecule is Cc1ccc(C(C)N2CCC(C(=O)O)(C(C)C)C2)cc1. The largest absolute Gasteiger partial charge is 0.481 e. The van der Waals surface area contributed by atoms with Crippen LogP contribution < -0.4 is 0 Å². The van der Waals surface area contributed by atoms with Gasteiger partial charge in [-0.05, 0) is 38.3 Å². The maximum absolute atomic E-state index is 11.7. The highest BCUT2D eigenvalue weighted by molar-refractivity contribution is 5.75. The van der Waals surface area contributed by atoms with Gasteiger partial charge >= 0.3 is 5.97 Å². The van der Waals surface area contributed by atoms with Crippen LogP contribution in [0, 0.1) is 18.3 Å². The molecule has 1 aliphatic heterocycles. The Balaban J connectivity index is 2.16. The number of rotatable bonds is 4. The second kappa shape index (κ2) is 5.57. The number of hydrogen-bond donors (Lipinski definition) is 1. The molecule has 0 aliphatic carbocycles. The van der Waals surface area contributed by atoms with E-state index in [1.54, 1.807) is 0 Å². The van der Waals surface area contributed by atoms with Gasteiger partial charge in [-0.1, -0.05) is 43.7 Å². The Labute approximate surface area is 121 Å². The Morgan fingerprint density at radius 2 is 1.85 bits per heavy atom. The first-order chi connectivity index (χ1) is 9.36. The van der Waals surface area contributed by atoms with Crippen LogP contribution >= 0.6 is 0 Å². The van der Waals surface area contributed by atoms with Crippen LogP contribution in [0.3, 0.4) is 0 Å². The van der Waals surface area contributed by atoms with Crippen molar-refractivity contribution in [3.63, 3.8) is 0 Å². The van der Waals surface area contributed by atoms with E-state index in [9.17, 15) is 9.90 Å². The highest BCUT2D eigenvalue weighted by Gasteiger charge is 2.48. The average Bonchev–Trinajstić information content (AvgIpc) is 2.85. The van der Waals surface area contributed by atoms with Gasteiger partial charge in [-0.3, -0.25) is 9.69 Å².